The van der Waals surface area contributed by atoms with Crippen molar-refractivity contribution in [3.63, 3.8) is 0 Å². The fraction of sp³-hybridized carbons (Fsp3) is 0.474. The molecule has 0 unspecified atom stereocenters. The number of halogens is 3. The minimum absolute atomic E-state index is 0.0400. The van der Waals surface area contributed by atoms with Crippen LogP contribution < -0.4 is 9.64 Å². The molecular formula is C19H22BrF2N3O3S. The van der Waals surface area contributed by atoms with Crippen LogP contribution in [0.3, 0.4) is 0 Å². The van der Waals surface area contributed by atoms with Gasteiger partial charge in [-0.25, -0.2) is 27.2 Å². The Bertz CT molecular complexity index is 1010. The van der Waals surface area contributed by atoms with E-state index in [1.54, 1.807) is 13.8 Å². The van der Waals surface area contributed by atoms with Gasteiger partial charge in [0, 0.05) is 38.3 Å². The number of hydrogen-bond acceptors (Lipinski definition) is 6. The van der Waals surface area contributed by atoms with Gasteiger partial charge in [-0.2, -0.15) is 0 Å². The maximum atomic E-state index is 13.8. The monoisotopic (exact) mass is 489 g/mol. The molecule has 158 valence electrons. The van der Waals surface area contributed by atoms with Crippen molar-refractivity contribution in [2.75, 3.05) is 24.2 Å². The first kappa shape index (κ1) is 21.9. The molecule has 0 spiro atoms. The van der Waals surface area contributed by atoms with E-state index in [1.165, 1.54) is 24.6 Å². The summed E-state index contributed by atoms with van der Waals surface area (Å²) in [5.74, 6) is -0.705. The van der Waals surface area contributed by atoms with E-state index in [2.05, 4.69) is 25.9 Å². The van der Waals surface area contributed by atoms with Crippen LogP contribution in [0.5, 0.6) is 5.75 Å². The van der Waals surface area contributed by atoms with E-state index in [0.717, 1.165) is 6.07 Å². The topological polar surface area (TPSA) is 72.4 Å². The molecule has 0 bridgehead atoms. The van der Waals surface area contributed by atoms with Gasteiger partial charge in [-0.1, -0.05) is 0 Å². The molecule has 1 fully saturated rings. The molecule has 1 aliphatic rings. The molecular weight excluding hydrogens is 468 g/mol. The van der Waals surface area contributed by atoms with Crippen LogP contribution in [0, 0.1) is 11.6 Å². The summed E-state index contributed by atoms with van der Waals surface area (Å²) >= 11 is 3.40. The van der Waals surface area contributed by atoms with Gasteiger partial charge in [0.2, 0.25) is 0 Å². The summed E-state index contributed by atoms with van der Waals surface area (Å²) in [6, 6.07) is 3.26. The molecule has 1 aromatic heterocycles. The second kappa shape index (κ2) is 8.14. The van der Waals surface area contributed by atoms with Crippen molar-refractivity contribution in [2.24, 2.45) is 0 Å². The van der Waals surface area contributed by atoms with Crippen LogP contribution in [0.25, 0.3) is 0 Å². The molecule has 0 saturated carbocycles. The van der Waals surface area contributed by atoms with E-state index < -0.39 is 26.2 Å². The highest BCUT2D eigenvalue weighted by molar-refractivity contribution is 9.10. The first-order valence-electron chi connectivity index (χ1n) is 9.08. The normalized spacial score (nSPS) is 16.1. The zero-order valence-electron chi connectivity index (χ0n) is 16.3. The summed E-state index contributed by atoms with van der Waals surface area (Å²) in [5, 5.41) is 0. The Morgan fingerprint density at radius 3 is 2.45 bits per heavy atom. The lowest BCUT2D eigenvalue weighted by molar-refractivity contribution is 0.163. The van der Waals surface area contributed by atoms with Crippen LogP contribution in [0.2, 0.25) is 0 Å². The van der Waals surface area contributed by atoms with Gasteiger partial charge in [0.05, 0.1) is 11.9 Å². The molecule has 0 amide bonds. The molecule has 6 nitrogen and oxygen atoms in total. The lowest BCUT2D eigenvalue weighted by Gasteiger charge is -2.33. The Balaban J connectivity index is 1.68. The van der Waals surface area contributed by atoms with Crippen LogP contribution in [-0.4, -0.2) is 43.8 Å². The largest absolute Gasteiger partial charge is 0.487 e. The van der Waals surface area contributed by atoms with Crippen LogP contribution in [-0.2, 0) is 14.6 Å². The number of nitrogens with zero attached hydrogens (tertiary/aromatic N) is 3. The predicted molar refractivity (Wildman–Crippen MR) is 110 cm³/mol. The zero-order valence-corrected chi connectivity index (χ0v) is 18.7. The van der Waals surface area contributed by atoms with Crippen molar-refractivity contribution < 1.29 is 21.9 Å². The zero-order chi connectivity index (χ0) is 21.4. The fourth-order valence-electron chi connectivity index (χ4n) is 2.99. The van der Waals surface area contributed by atoms with Gasteiger partial charge in [0.25, 0.3) is 0 Å². The number of anilines is 1. The second-order valence-corrected chi connectivity index (χ2v) is 10.8. The Kier molecular flexibility index (Phi) is 6.14. The molecule has 2 aromatic rings. The molecule has 1 aromatic carbocycles. The second-order valence-electron chi connectivity index (χ2n) is 7.53. The molecule has 29 heavy (non-hydrogen) atoms. The van der Waals surface area contributed by atoms with Gasteiger partial charge < -0.3 is 9.64 Å². The molecule has 0 aliphatic carbocycles. The van der Waals surface area contributed by atoms with E-state index >= 15 is 0 Å². The lowest BCUT2D eigenvalue weighted by atomic mass is 10.1. The standard InChI is InChI=1S/C19H22BrF2N3O3S/c1-19(2,29(3,26)27)16-11-23-18(17(20)24-16)25-8-6-13(7-9-25)28-15-5-4-12(21)10-14(15)22/h4-5,10-11,13H,6-9H2,1-3H3. The number of aromatic nitrogens is 2. The summed E-state index contributed by atoms with van der Waals surface area (Å²) in [7, 11) is -3.36. The molecule has 2 heterocycles. The molecule has 0 atom stereocenters. The number of rotatable bonds is 5. The third-order valence-electron chi connectivity index (χ3n) is 5.19. The van der Waals surface area contributed by atoms with Gasteiger partial charge in [-0.05, 0) is 41.9 Å². The highest BCUT2D eigenvalue weighted by Gasteiger charge is 2.35. The summed E-state index contributed by atoms with van der Waals surface area (Å²) in [5.41, 5.74) is 0.362. The van der Waals surface area contributed by atoms with Crippen molar-refractivity contribution in [3.8, 4) is 5.75 Å². The van der Waals surface area contributed by atoms with E-state index in [1.807, 2.05) is 4.90 Å². The van der Waals surface area contributed by atoms with Gasteiger partial charge in [0.1, 0.15) is 21.3 Å². The van der Waals surface area contributed by atoms with E-state index in [4.69, 9.17) is 4.74 Å². The molecule has 1 saturated heterocycles. The average Bonchev–Trinajstić information content (AvgIpc) is 2.64. The number of benzene rings is 1. The van der Waals surface area contributed by atoms with Crippen molar-refractivity contribution in [1.29, 1.82) is 0 Å². The molecule has 3 rings (SSSR count). The van der Waals surface area contributed by atoms with Crippen molar-refractivity contribution in [2.45, 2.75) is 37.5 Å². The number of piperidine rings is 1. The van der Waals surface area contributed by atoms with Gasteiger partial charge in [-0.3, -0.25) is 0 Å². The Morgan fingerprint density at radius 1 is 1.24 bits per heavy atom. The van der Waals surface area contributed by atoms with Crippen LogP contribution >= 0.6 is 15.9 Å². The van der Waals surface area contributed by atoms with E-state index in [-0.39, 0.29) is 11.9 Å². The first-order valence-corrected chi connectivity index (χ1v) is 11.8. The Hall–Kier alpha value is -1.81. The van der Waals surface area contributed by atoms with E-state index in [0.29, 0.717) is 42.0 Å². The summed E-state index contributed by atoms with van der Waals surface area (Å²) < 4.78 is 55.8. The quantitative estimate of drug-likeness (QED) is 0.635. The minimum atomic E-state index is -3.36. The minimum Gasteiger partial charge on any atom is -0.487 e. The lowest BCUT2D eigenvalue weighted by Crippen LogP contribution is -2.39. The SMILES string of the molecule is CC(C)(c1cnc(N2CCC(Oc3ccc(F)cc3F)CC2)c(Br)n1)S(C)(=O)=O. The average molecular weight is 490 g/mol. The van der Waals surface area contributed by atoms with Crippen molar-refractivity contribution in [1.82, 2.24) is 9.97 Å². The highest BCUT2D eigenvalue weighted by Crippen LogP contribution is 2.32. The third kappa shape index (κ3) is 4.69. The van der Waals surface area contributed by atoms with Crippen molar-refractivity contribution in [3.05, 3.63) is 46.3 Å². The highest BCUT2D eigenvalue weighted by atomic mass is 79.9. The maximum Gasteiger partial charge on any atom is 0.167 e. The molecule has 1 aliphatic heterocycles. The van der Waals surface area contributed by atoms with Gasteiger partial charge >= 0.3 is 0 Å². The van der Waals surface area contributed by atoms with Crippen molar-refractivity contribution >= 4 is 31.6 Å². The smallest absolute Gasteiger partial charge is 0.167 e. The van der Waals surface area contributed by atoms with Crippen LogP contribution in [0.15, 0.2) is 29.0 Å². The first-order chi connectivity index (χ1) is 13.5. The third-order valence-corrected chi connectivity index (χ3v) is 7.78. The summed E-state index contributed by atoms with van der Waals surface area (Å²) in [6.45, 7) is 4.40. The number of ether oxygens (including phenoxy) is 1. The predicted octanol–water partition coefficient (Wildman–Crippen LogP) is 3.84. The van der Waals surface area contributed by atoms with Gasteiger partial charge in [0.15, 0.2) is 27.2 Å². The molecule has 0 N–H and O–H groups in total. The molecule has 10 heteroatoms. The summed E-state index contributed by atoms with van der Waals surface area (Å²) in [6.07, 6.45) is 3.72. The van der Waals surface area contributed by atoms with Crippen LogP contribution in [0.4, 0.5) is 14.6 Å². The number of sulfone groups is 1. The fourth-order valence-corrected chi connectivity index (χ4v) is 4.01. The maximum absolute atomic E-state index is 13.8. The number of hydrogen-bond donors (Lipinski definition) is 0. The Labute approximate surface area is 177 Å². The van der Waals surface area contributed by atoms with Gasteiger partial charge in [-0.15, -0.1) is 0 Å². The van der Waals surface area contributed by atoms with Crippen LogP contribution in [0.1, 0.15) is 32.4 Å². The summed E-state index contributed by atoms with van der Waals surface area (Å²) in [4.78, 5) is 10.8. The van der Waals surface area contributed by atoms with E-state index in [9.17, 15) is 17.2 Å². The Morgan fingerprint density at radius 2 is 1.90 bits per heavy atom. The molecule has 0 radical (unpaired) electrons.